The molecule has 1 N–H and O–H groups in total. The summed E-state index contributed by atoms with van der Waals surface area (Å²) in [5.41, 5.74) is 5.50. The van der Waals surface area contributed by atoms with Crippen LogP contribution in [0.2, 0.25) is 0 Å². The van der Waals surface area contributed by atoms with Crippen molar-refractivity contribution in [3.05, 3.63) is 83.3 Å². The lowest BCUT2D eigenvalue weighted by Gasteiger charge is -2.40. The maximum absolute atomic E-state index is 13.7. The minimum absolute atomic E-state index is 0.000518. The van der Waals surface area contributed by atoms with Crippen LogP contribution in [0.5, 0.6) is 0 Å². The molecule has 1 aliphatic carbocycles. The van der Waals surface area contributed by atoms with E-state index in [1.54, 1.807) is 23.2 Å². The molecule has 184 valence electrons. The number of rotatable bonds is 4. The SMILES string of the molecule is COC(=O)C1C2CNN(c3ccc(F)cc3)C2=CC2=CCN(S(=O)(=O)c3ccc(F)c(F)c3)C[C@@H]21. The second-order valence-corrected chi connectivity index (χ2v) is 10.5. The van der Waals surface area contributed by atoms with Crippen molar-refractivity contribution in [2.75, 3.05) is 31.8 Å². The van der Waals surface area contributed by atoms with Crippen LogP contribution < -0.4 is 10.4 Å². The average Bonchev–Trinajstić information content (AvgIpc) is 3.27. The highest BCUT2D eigenvalue weighted by atomic mass is 32.2. The fraction of sp³-hybridized carbons (Fsp3) is 0.292. The molecule has 0 spiro atoms. The summed E-state index contributed by atoms with van der Waals surface area (Å²) < 4.78 is 73.1. The molecule has 0 radical (unpaired) electrons. The monoisotopic (exact) mass is 505 g/mol. The first-order valence-corrected chi connectivity index (χ1v) is 12.4. The van der Waals surface area contributed by atoms with E-state index in [-0.39, 0.29) is 29.7 Å². The fourth-order valence-electron chi connectivity index (χ4n) is 5.01. The molecule has 2 aromatic carbocycles. The third-order valence-corrected chi connectivity index (χ3v) is 8.56. The highest BCUT2D eigenvalue weighted by Crippen LogP contribution is 2.45. The first-order chi connectivity index (χ1) is 16.7. The van der Waals surface area contributed by atoms with Crippen molar-refractivity contribution in [1.82, 2.24) is 9.73 Å². The molecule has 5 rings (SSSR count). The number of carbonyl (C=O) groups excluding carboxylic acids is 1. The van der Waals surface area contributed by atoms with Gasteiger partial charge < -0.3 is 4.74 Å². The van der Waals surface area contributed by atoms with E-state index in [2.05, 4.69) is 5.43 Å². The molecule has 2 aliphatic heterocycles. The highest BCUT2D eigenvalue weighted by molar-refractivity contribution is 7.89. The molecular formula is C24H22F3N3O4S. The largest absolute Gasteiger partial charge is 0.469 e. The smallest absolute Gasteiger partial charge is 0.310 e. The number of nitrogens with one attached hydrogen (secondary N) is 1. The molecule has 3 aliphatic rings. The zero-order chi connectivity index (χ0) is 24.9. The van der Waals surface area contributed by atoms with E-state index >= 15 is 0 Å². The van der Waals surface area contributed by atoms with Gasteiger partial charge in [0.25, 0.3) is 0 Å². The minimum Gasteiger partial charge on any atom is -0.469 e. The summed E-state index contributed by atoms with van der Waals surface area (Å²) in [5.74, 6) is -4.75. The Morgan fingerprint density at radius 2 is 1.80 bits per heavy atom. The van der Waals surface area contributed by atoms with Crippen molar-refractivity contribution in [2.24, 2.45) is 17.8 Å². The molecule has 1 fully saturated rings. The third-order valence-electron chi connectivity index (χ3n) is 6.74. The van der Waals surface area contributed by atoms with Crippen LogP contribution >= 0.6 is 0 Å². The minimum atomic E-state index is -4.14. The van der Waals surface area contributed by atoms with Gasteiger partial charge in [-0.1, -0.05) is 6.08 Å². The zero-order valence-electron chi connectivity index (χ0n) is 18.6. The average molecular weight is 506 g/mol. The third kappa shape index (κ3) is 4.03. The van der Waals surface area contributed by atoms with Crippen LogP contribution in [0.1, 0.15) is 0 Å². The molecular weight excluding hydrogens is 483 g/mol. The number of hydrazine groups is 1. The van der Waals surface area contributed by atoms with Gasteiger partial charge in [-0.3, -0.25) is 9.80 Å². The number of hydrogen-bond donors (Lipinski definition) is 1. The Morgan fingerprint density at radius 1 is 1.06 bits per heavy atom. The van der Waals surface area contributed by atoms with Crippen molar-refractivity contribution in [2.45, 2.75) is 4.90 Å². The van der Waals surface area contributed by atoms with E-state index in [0.717, 1.165) is 27.7 Å². The van der Waals surface area contributed by atoms with E-state index in [0.29, 0.717) is 18.3 Å². The number of fused-ring (bicyclic) bond motifs is 2. The van der Waals surface area contributed by atoms with Gasteiger partial charge >= 0.3 is 5.97 Å². The maximum atomic E-state index is 13.7. The summed E-state index contributed by atoms with van der Waals surface area (Å²) in [6.07, 6.45) is 3.63. The summed E-state index contributed by atoms with van der Waals surface area (Å²) >= 11 is 0. The molecule has 2 heterocycles. The second kappa shape index (κ2) is 8.81. The summed E-state index contributed by atoms with van der Waals surface area (Å²) in [7, 11) is -2.86. The van der Waals surface area contributed by atoms with Crippen molar-refractivity contribution >= 4 is 21.7 Å². The van der Waals surface area contributed by atoms with Gasteiger partial charge in [-0.15, -0.1) is 0 Å². The molecule has 2 unspecified atom stereocenters. The quantitative estimate of drug-likeness (QED) is 0.644. The highest BCUT2D eigenvalue weighted by Gasteiger charge is 2.49. The van der Waals surface area contributed by atoms with Crippen LogP contribution in [0.25, 0.3) is 0 Å². The van der Waals surface area contributed by atoms with Crippen molar-refractivity contribution in [1.29, 1.82) is 0 Å². The summed E-state index contributed by atoms with van der Waals surface area (Å²) in [6.45, 7) is 0.367. The van der Waals surface area contributed by atoms with Gasteiger partial charge in [-0.05, 0) is 54.1 Å². The van der Waals surface area contributed by atoms with E-state index in [4.69, 9.17) is 4.74 Å². The zero-order valence-corrected chi connectivity index (χ0v) is 19.4. The van der Waals surface area contributed by atoms with Crippen LogP contribution in [0, 0.1) is 35.2 Å². The topological polar surface area (TPSA) is 79.0 Å². The number of anilines is 1. The molecule has 3 atom stereocenters. The van der Waals surface area contributed by atoms with Crippen LogP contribution in [0.3, 0.4) is 0 Å². The predicted octanol–water partition coefficient (Wildman–Crippen LogP) is 2.98. The molecule has 0 amide bonds. The standard InChI is InChI=1S/C24H22F3N3O4S/c1-34-24(31)23-18-12-28-30(16-4-2-15(25)3-5-16)22(18)10-14-8-9-29(13-19(14)23)35(32,33)17-6-7-20(26)21(27)11-17/h2-8,10-11,18-19,23,28H,9,12-13H2,1H3/t18?,19-,23?/m0/s1. The van der Waals surface area contributed by atoms with E-state index < -0.39 is 39.5 Å². The Bertz CT molecular complexity index is 1340. The van der Waals surface area contributed by atoms with Gasteiger partial charge in [0.2, 0.25) is 10.0 Å². The molecule has 7 nitrogen and oxygen atoms in total. The van der Waals surface area contributed by atoms with Crippen molar-refractivity contribution in [3.63, 3.8) is 0 Å². The van der Waals surface area contributed by atoms with Crippen LogP contribution in [0.4, 0.5) is 18.9 Å². The molecule has 0 bridgehead atoms. The number of sulfonamides is 1. The van der Waals surface area contributed by atoms with Gasteiger partial charge in [0.05, 0.1) is 23.6 Å². The lowest BCUT2D eigenvalue weighted by Crippen LogP contribution is -2.47. The van der Waals surface area contributed by atoms with Gasteiger partial charge in [-0.2, -0.15) is 4.31 Å². The second-order valence-electron chi connectivity index (χ2n) is 8.61. The van der Waals surface area contributed by atoms with E-state index in [1.165, 1.54) is 19.2 Å². The Morgan fingerprint density at radius 3 is 2.49 bits per heavy atom. The van der Waals surface area contributed by atoms with Gasteiger partial charge in [-0.25, -0.2) is 27.0 Å². The number of ether oxygens (including phenoxy) is 1. The van der Waals surface area contributed by atoms with E-state index in [1.807, 2.05) is 6.08 Å². The summed E-state index contributed by atoms with van der Waals surface area (Å²) in [5, 5.41) is 1.79. The summed E-state index contributed by atoms with van der Waals surface area (Å²) in [6, 6.07) is 8.37. The number of allylic oxidation sites excluding steroid dienone is 1. The number of methoxy groups -OCH3 is 1. The number of benzene rings is 2. The normalized spacial score (nSPS) is 24.3. The number of halogens is 3. The molecule has 11 heteroatoms. The number of nitrogens with zero attached hydrogens (tertiary/aromatic N) is 2. The summed E-state index contributed by atoms with van der Waals surface area (Å²) in [4.78, 5) is 12.6. The van der Waals surface area contributed by atoms with Crippen LogP contribution in [-0.2, 0) is 19.6 Å². The van der Waals surface area contributed by atoms with Crippen molar-refractivity contribution in [3.8, 4) is 0 Å². The van der Waals surface area contributed by atoms with Gasteiger partial charge in [0.1, 0.15) is 5.82 Å². The Hall–Kier alpha value is -3.15. The Labute approximate surface area is 200 Å². The molecule has 2 aromatic rings. The predicted molar refractivity (Wildman–Crippen MR) is 121 cm³/mol. The first-order valence-electron chi connectivity index (χ1n) is 10.9. The van der Waals surface area contributed by atoms with Crippen molar-refractivity contribution < 1.29 is 31.1 Å². The van der Waals surface area contributed by atoms with E-state index in [9.17, 15) is 26.4 Å². The Kier molecular flexibility index (Phi) is 5.94. The Balaban J connectivity index is 1.51. The number of esters is 1. The maximum Gasteiger partial charge on any atom is 0.310 e. The molecule has 35 heavy (non-hydrogen) atoms. The lowest BCUT2D eigenvalue weighted by molar-refractivity contribution is -0.148. The van der Waals surface area contributed by atoms with Gasteiger partial charge in [0.15, 0.2) is 11.6 Å². The number of hydrogen-bond acceptors (Lipinski definition) is 6. The molecule has 1 saturated heterocycles. The lowest BCUT2D eigenvalue weighted by atomic mass is 9.71. The first kappa shape index (κ1) is 23.6. The fourth-order valence-corrected chi connectivity index (χ4v) is 6.43. The molecule has 0 saturated carbocycles. The van der Waals surface area contributed by atoms with Crippen LogP contribution in [0.15, 0.2) is 70.8 Å². The molecule has 0 aromatic heterocycles. The number of carbonyl (C=O) groups is 1. The van der Waals surface area contributed by atoms with Gasteiger partial charge in [0, 0.05) is 37.2 Å². The van der Waals surface area contributed by atoms with Crippen LogP contribution in [-0.4, -0.2) is 45.4 Å².